The Kier molecular flexibility index (Phi) is 4.67. The molecule has 2 aromatic rings. The van der Waals surface area contributed by atoms with Gasteiger partial charge in [-0.2, -0.15) is 0 Å². The van der Waals surface area contributed by atoms with Crippen LogP contribution in [-0.2, 0) is 0 Å². The van der Waals surface area contributed by atoms with Gasteiger partial charge in [0.2, 0.25) is 0 Å². The number of pyridine rings is 1. The molecule has 1 aromatic heterocycles. The van der Waals surface area contributed by atoms with Crippen LogP contribution in [0.5, 0.6) is 0 Å². The van der Waals surface area contributed by atoms with Crippen LogP contribution in [0.2, 0.25) is 15.1 Å². The summed E-state index contributed by atoms with van der Waals surface area (Å²) >= 11 is 17.7. The number of carbonyl (C=O) groups excluding carboxylic acids is 1. The van der Waals surface area contributed by atoms with E-state index in [9.17, 15) is 9.59 Å². The molecule has 2 N–H and O–H groups in total. The molecule has 0 fully saturated rings. The van der Waals surface area contributed by atoms with Gasteiger partial charge in [0.1, 0.15) is 5.69 Å². The largest absolute Gasteiger partial charge is 0.477 e. The van der Waals surface area contributed by atoms with E-state index in [1.54, 1.807) is 0 Å². The highest BCUT2D eigenvalue weighted by Gasteiger charge is 2.14. The molecule has 1 heterocycles. The maximum Gasteiger partial charge on any atom is 0.354 e. The summed E-state index contributed by atoms with van der Waals surface area (Å²) in [6.07, 6.45) is 1.15. The number of halogens is 3. The second kappa shape index (κ2) is 6.30. The first-order valence-electron chi connectivity index (χ1n) is 5.53. The van der Waals surface area contributed by atoms with E-state index in [0.717, 1.165) is 6.20 Å². The van der Waals surface area contributed by atoms with Gasteiger partial charge in [-0.25, -0.2) is 9.78 Å². The molecule has 0 atom stereocenters. The Hall–Kier alpha value is -1.82. The standard InChI is InChI=1S/C13H7Cl3N2O3/c14-7-3-8(15)11(9(16)4-7)18-12(19)6-1-2-10(13(20)21)17-5-6/h1-5H,(H,18,19)(H,20,21). The van der Waals surface area contributed by atoms with E-state index >= 15 is 0 Å². The van der Waals surface area contributed by atoms with Crippen molar-refractivity contribution in [2.45, 2.75) is 0 Å². The molecule has 0 saturated heterocycles. The fraction of sp³-hybridized carbons (Fsp3) is 0. The quantitative estimate of drug-likeness (QED) is 0.881. The van der Waals surface area contributed by atoms with Crippen LogP contribution in [0.3, 0.4) is 0 Å². The van der Waals surface area contributed by atoms with E-state index in [0.29, 0.717) is 5.02 Å². The van der Waals surface area contributed by atoms with Crippen LogP contribution >= 0.6 is 34.8 Å². The fourth-order valence-corrected chi connectivity index (χ4v) is 2.41. The molecule has 0 aliphatic rings. The molecule has 0 spiro atoms. The molecule has 5 nitrogen and oxygen atoms in total. The first-order chi connectivity index (χ1) is 9.88. The van der Waals surface area contributed by atoms with Crippen LogP contribution < -0.4 is 5.32 Å². The van der Waals surface area contributed by atoms with Crippen molar-refractivity contribution in [2.24, 2.45) is 0 Å². The van der Waals surface area contributed by atoms with Gasteiger partial charge in [-0.05, 0) is 24.3 Å². The van der Waals surface area contributed by atoms with Crippen molar-refractivity contribution in [3.05, 3.63) is 56.8 Å². The summed E-state index contributed by atoms with van der Waals surface area (Å²) < 4.78 is 0. The molecule has 0 radical (unpaired) electrons. The average Bonchev–Trinajstić information content (AvgIpc) is 2.42. The van der Waals surface area contributed by atoms with Crippen molar-refractivity contribution >= 4 is 52.4 Å². The maximum atomic E-state index is 12.0. The number of rotatable bonds is 3. The number of hydrogen-bond acceptors (Lipinski definition) is 3. The first-order valence-corrected chi connectivity index (χ1v) is 6.67. The molecule has 21 heavy (non-hydrogen) atoms. The van der Waals surface area contributed by atoms with Crippen LogP contribution in [0, 0.1) is 0 Å². The van der Waals surface area contributed by atoms with E-state index in [2.05, 4.69) is 10.3 Å². The number of aromatic carboxylic acids is 1. The highest BCUT2D eigenvalue weighted by molar-refractivity contribution is 6.42. The predicted octanol–water partition coefficient (Wildman–Crippen LogP) is 3.99. The lowest BCUT2D eigenvalue weighted by Gasteiger charge is -2.09. The summed E-state index contributed by atoms with van der Waals surface area (Å²) in [4.78, 5) is 26.4. The number of hydrogen-bond donors (Lipinski definition) is 2. The third-order valence-electron chi connectivity index (χ3n) is 2.49. The van der Waals surface area contributed by atoms with Gasteiger partial charge in [0.05, 0.1) is 21.3 Å². The minimum atomic E-state index is -1.18. The predicted molar refractivity (Wildman–Crippen MR) is 80.6 cm³/mol. The Morgan fingerprint density at radius 3 is 2.19 bits per heavy atom. The lowest BCUT2D eigenvalue weighted by atomic mass is 10.2. The molecule has 0 aliphatic heterocycles. The summed E-state index contributed by atoms with van der Waals surface area (Å²) in [7, 11) is 0. The Bertz CT molecular complexity index is 694. The number of carboxylic acids is 1. The lowest BCUT2D eigenvalue weighted by Crippen LogP contribution is -2.13. The van der Waals surface area contributed by atoms with Gasteiger partial charge < -0.3 is 10.4 Å². The summed E-state index contributed by atoms with van der Waals surface area (Å²) in [6.45, 7) is 0. The number of amides is 1. The zero-order valence-electron chi connectivity index (χ0n) is 10.2. The summed E-state index contributed by atoms with van der Waals surface area (Å²) in [5.74, 6) is -1.70. The Morgan fingerprint density at radius 1 is 1.10 bits per heavy atom. The number of carboxylic acid groups (broad SMARTS) is 1. The molecule has 1 amide bonds. The molecule has 2 rings (SSSR count). The molecule has 0 aliphatic carbocycles. The molecule has 108 valence electrons. The van der Waals surface area contributed by atoms with E-state index in [-0.39, 0.29) is 27.0 Å². The van der Waals surface area contributed by atoms with Crippen molar-refractivity contribution in [2.75, 3.05) is 5.32 Å². The van der Waals surface area contributed by atoms with Crippen molar-refractivity contribution in [3.8, 4) is 0 Å². The van der Waals surface area contributed by atoms with Crippen LogP contribution in [-0.4, -0.2) is 22.0 Å². The summed E-state index contributed by atoms with van der Waals surface area (Å²) in [5.41, 5.74) is 0.228. The number of benzene rings is 1. The van der Waals surface area contributed by atoms with E-state index in [1.165, 1.54) is 24.3 Å². The van der Waals surface area contributed by atoms with Gasteiger partial charge in [0.25, 0.3) is 5.91 Å². The van der Waals surface area contributed by atoms with Gasteiger partial charge in [-0.15, -0.1) is 0 Å². The second-order valence-corrected chi connectivity index (χ2v) is 5.19. The Morgan fingerprint density at radius 2 is 1.71 bits per heavy atom. The van der Waals surface area contributed by atoms with Crippen LogP contribution in [0.25, 0.3) is 0 Å². The van der Waals surface area contributed by atoms with Crippen LogP contribution in [0.4, 0.5) is 5.69 Å². The number of nitrogens with one attached hydrogen (secondary N) is 1. The van der Waals surface area contributed by atoms with Crippen molar-refractivity contribution < 1.29 is 14.7 Å². The number of nitrogens with zero attached hydrogens (tertiary/aromatic N) is 1. The van der Waals surface area contributed by atoms with Gasteiger partial charge in [0, 0.05) is 11.2 Å². The molecule has 0 unspecified atom stereocenters. The highest BCUT2D eigenvalue weighted by Crippen LogP contribution is 2.33. The SMILES string of the molecule is O=C(Nc1c(Cl)cc(Cl)cc1Cl)c1ccc(C(=O)O)nc1. The third-order valence-corrected chi connectivity index (χ3v) is 3.30. The maximum absolute atomic E-state index is 12.0. The minimum Gasteiger partial charge on any atom is -0.477 e. The number of anilines is 1. The molecule has 8 heteroatoms. The molecular formula is C13H7Cl3N2O3. The Balaban J connectivity index is 2.24. The van der Waals surface area contributed by atoms with E-state index in [1.807, 2.05) is 0 Å². The third kappa shape index (κ3) is 3.64. The second-order valence-electron chi connectivity index (χ2n) is 3.94. The summed E-state index contributed by atoms with van der Waals surface area (Å²) in [6, 6.07) is 5.44. The van der Waals surface area contributed by atoms with Gasteiger partial charge in [-0.1, -0.05) is 34.8 Å². The molecule has 0 bridgehead atoms. The normalized spacial score (nSPS) is 10.2. The van der Waals surface area contributed by atoms with Crippen LogP contribution in [0.1, 0.15) is 20.8 Å². The zero-order valence-corrected chi connectivity index (χ0v) is 12.5. The lowest BCUT2D eigenvalue weighted by molar-refractivity contribution is 0.0690. The van der Waals surface area contributed by atoms with E-state index < -0.39 is 11.9 Å². The molecule has 1 aromatic carbocycles. The highest BCUT2D eigenvalue weighted by atomic mass is 35.5. The monoisotopic (exact) mass is 344 g/mol. The fourth-order valence-electron chi connectivity index (χ4n) is 1.50. The summed E-state index contributed by atoms with van der Waals surface area (Å²) in [5, 5.41) is 12.0. The van der Waals surface area contributed by atoms with E-state index in [4.69, 9.17) is 39.9 Å². The number of carbonyl (C=O) groups is 2. The van der Waals surface area contributed by atoms with Crippen molar-refractivity contribution in [1.29, 1.82) is 0 Å². The van der Waals surface area contributed by atoms with Gasteiger partial charge in [0.15, 0.2) is 0 Å². The van der Waals surface area contributed by atoms with Gasteiger partial charge in [-0.3, -0.25) is 4.79 Å². The smallest absolute Gasteiger partial charge is 0.354 e. The topological polar surface area (TPSA) is 79.3 Å². The first kappa shape index (κ1) is 15.6. The number of aromatic nitrogens is 1. The average molecular weight is 346 g/mol. The van der Waals surface area contributed by atoms with Gasteiger partial charge >= 0.3 is 5.97 Å². The van der Waals surface area contributed by atoms with Crippen molar-refractivity contribution in [1.82, 2.24) is 4.98 Å². The van der Waals surface area contributed by atoms with Crippen LogP contribution in [0.15, 0.2) is 30.5 Å². The Labute approximate surface area is 134 Å². The minimum absolute atomic E-state index is 0.158. The zero-order chi connectivity index (χ0) is 15.6. The molecular weight excluding hydrogens is 339 g/mol. The molecule has 0 saturated carbocycles. The van der Waals surface area contributed by atoms with Crippen molar-refractivity contribution in [3.63, 3.8) is 0 Å².